The Labute approximate surface area is 192 Å². The summed E-state index contributed by atoms with van der Waals surface area (Å²) in [6.07, 6.45) is 0.602. The van der Waals surface area contributed by atoms with Crippen LogP contribution in [-0.2, 0) is 4.79 Å². The number of rotatable bonds is 10. The van der Waals surface area contributed by atoms with Crippen molar-refractivity contribution in [3.05, 3.63) is 59.7 Å². The van der Waals surface area contributed by atoms with Crippen LogP contribution in [0.4, 0.5) is 15.2 Å². The highest BCUT2D eigenvalue weighted by Gasteiger charge is 2.28. The number of hydrogen-bond acceptors (Lipinski definition) is 6. The summed E-state index contributed by atoms with van der Waals surface area (Å²) in [5, 5.41) is 5.67. The number of aromatic nitrogens is 1. The van der Waals surface area contributed by atoms with Crippen LogP contribution in [0.2, 0.25) is 0 Å². The van der Waals surface area contributed by atoms with Gasteiger partial charge in [0.2, 0.25) is 5.91 Å². The molecule has 3 rings (SSSR count). The molecular weight excluding hydrogens is 427 g/mol. The number of thiazole rings is 1. The lowest BCUT2D eigenvalue weighted by Crippen LogP contribution is -2.46. The minimum atomic E-state index is -0.433. The summed E-state index contributed by atoms with van der Waals surface area (Å²) in [6, 6.07) is 13.4. The minimum absolute atomic E-state index is 0.0521. The fourth-order valence-corrected chi connectivity index (χ4v) is 4.20. The Morgan fingerprint density at radius 3 is 2.44 bits per heavy atom. The molecule has 0 aliphatic rings. The molecule has 0 aliphatic heterocycles. The fourth-order valence-electron chi connectivity index (χ4n) is 3.30. The number of anilines is 2. The van der Waals surface area contributed by atoms with E-state index in [-0.39, 0.29) is 11.7 Å². The average molecular weight is 457 g/mol. The summed E-state index contributed by atoms with van der Waals surface area (Å²) in [5.41, 5.74) is 2.42. The number of methoxy groups -OCH3 is 1. The second kappa shape index (κ2) is 11.1. The smallest absolute Gasteiger partial charge is 0.243 e. The largest absolute Gasteiger partial charge is 0.497 e. The lowest BCUT2D eigenvalue weighted by Gasteiger charge is -2.30. The third-order valence-electron chi connectivity index (χ3n) is 5.05. The Kier molecular flexibility index (Phi) is 8.19. The first-order valence-corrected chi connectivity index (χ1v) is 11.4. The SMILES string of the molecule is CCC(C(=O)NCCN(C)C)N(c1ccc(OC)cc1)c1nc(-c2ccc(F)cc2)cs1. The Hall–Kier alpha value is -2.97. The normalized spacial score (nSPS) is 11.9. The zero-order valence-corrected chi connectivity index (χ0v) is 19.7. The number of nitrogens with one attached hydrogen (secondary N) is 1. The third kappa shape index (κ3) is 5.83. The minimum Gasteiger partial charge on any atom is -0.497 e. The van der Waals surface area contributed by atoms with E-state index in [1.54, 1.807) is 19.2 Å². The van der Waals surface area contributed by atoms with Crippen molar-refractivity contribution in [2.75, 3.05) is 39.2 Å². The summed E-state index contributed by atoms with van der Waals surface area (Å²) in [7, 11) is 5.56. The molecule has 8 heteroatoms. The highest BCUT2D eigenvalue weighted by molar-refractivity contribution is 7.14. The first kappa shape index (κ1) is 23.7. The number of amides is 1. The van der Waals surface area contributed by atoms with Crippen LogP contribution in [0, 0.1) is 5.82 Å². The topological polar surface area (TPSA) is 57.7 Å². The van der Waals surface area contributed by atoms with Gasteiger partial charge < -0.3 is 19.9 Å². The van der Waals surface area contributed by atoms with Gasteiger partial charge >= 0.3 is 0 Å². The van der Waals surface area contributed by atoms with E-state index in [1.807, 2.05) is 60.5 Å². The van der Waals surface area contributed by atoms with Crippen molar-refractivity contribution >= 4 is 28.1 Å². The van der Waals surface area contributed by atoms with Crippen LogP contribution in [0.15, 0.2) is 53.9 Å². The van der Waals surface area contributed by atoms with Gasteiger partial charge in [0.05, 0.1) is 12.8 Å². The van der Waals surface area contributed by atoms with Crippen molar-refractivity contribution < 1.29 is 13.9 Å². The standard InChI is InChI=1S/C24H29FN4O2S/c1-5-22(23(30)26-14-15-28(2)3)29(19-10-12-20(31-4)13-11-19)24-27-21(16-32-24)17-6-8-18(25)9-7-17/h6-13,16,22H,5,14-15H2,1-4H3,(H,26,30). The number of halogens is 1. The molecule has 1 N–H and O–H groups in total. The lowest BCUT2D eigenvalue weighted by atomic mass is 10.1. The molecule has 1 atom stereocenters. The van der Waals surface area contributed by atoms with Crippen LogP contribution in [0.3, 0.4) is 0 Å². The summed E-state index contributed by atoms with van der Waals surface area (Å²) in [5.74, 6) is 0.400. The molecule has 0 bridgehead atoms. The monoisotopic (exact) mass is 456 g/mol. The number of carbonyl (C=O) groups excluding carboxylic acids is 1. The summed E-state index contributed by atoms with van der Waals surface area (Å²) < 4.78 is 18.6. The second-order valence-electron chi connectivity index (χ2n) is 7.61. The van der Waals surface area contributed by atoms with Gasteiger partial charge in [0.15, 0.2) is 5.13 Å². The lowest BCUT2D eigenvalue weighted by molar-refractivity contribution is -0.122. The van der Waals surface area contributed by atoms with E-state index < -0.39 is 6.04 Å². The Bertz CT molecular complexity index is 1010. The molecule has 6 nitrogen and oxygen atoms in total. The number of nitrogens with zero attached hydrogens (tertiary/aromatic N) is 3. The van der Waals surface area contributed by atoms with Crippen LogP contribution in [0.1, 0.15) is 13.3 Å². The maximum atomic E-state index is 13.3. The molecule has 1 amide bonds. The van der Waals surface area contributed by atoms with E-state index in [0.29, 0.717) is 18.1 Å². The summed E-state index contributed by atoms with van der Waals surface area (Å²) in [6.45, 7) is 3.31. The third-order valence-corrected chi connectivity index (χ3v) is 5.89. The molecular formula is C24H29FN4O2S. The van der Waals surface area contributed by atoms with E-state index in [9.17, 15) is 9.18 Å². The van der Waals surface area contributed by atoms with Crippen molar-refractivity contribution in [2.24, 2.45) is 0 Å². The molecule has 2 aromatic carbocycles. The van der Waals surface area contributed by atoms with Crippen molar-refractivity contribution in [1.29, 1.82) is 0 Å². The molecule has 0 fully saturated rings. The quantitative estimate of drug-likeness (QED) is 0.485. The first-order chi connectivity index (χ1) is 15.4. The van der Waals surface area contributed by atoms with E-state index in [0.717, 1.165) is 29.2 Å². The molecule has 0 radical (unpaired) electrons. The van der Waals surface area contributed by atoms with Crippen LogP contribution >= 0.6 is 11.3 Å². The van der Waals surface area contributed by atoms with Gasteiger partial charge in [0, 0.05) is 29.7 Å². The molecule has 0 saturated heterocycles. The van der Waals surface area contributed by atoms with Crippen molar-refractivity contribution in [1.82, 2.24) is 15.2 Å². The Balaban J connectivity index is 1.94. The van der Waals surface area contributed by atoms with Crippen LogP contribution < -0.4 is 15.0 Å². The maximum absolute atomic E-state index is 13.3. The second-order valence-corrected chi connectivity index (χ2v) is 8.45. The van der Waals surface area contributed by atoms with E-state index in [4.69, 9.17) is 9.72 Å². The van der Waals surface area contributed by atoms with Crippen LogP contribution in [0.5, 0.6) is 5.75 Å². The molecule has 1 aromatic heterocycles. The predicted octanol–water partition coefficient (Wildman–Crippen LogP) is 4.55. The molecule has 170 valence electrons. The summed E-state index contributed by atoms with van der Waals surface area (Å²) in [4.78, 5) is 21.9. The molecule has 1 heterocycles. The van der Waals surface area contributed by atoms with Gasteiger partial charge in [-0.25, -0.2) is 9.37 Å². The zero-order chi connectivity index (χ0) is 23.1. The number of hydrogen-bond donors (Lipinski definition) is 1. The number of benzene rings is 2. The van der Waals surface area contributed by atoms with Gasteiger partial charge in [-0.15, -0.1) is 11.3 Å². The number of likely N-dealkylation sites (N-methyl/N-ethyl adjacent to an activating group) is 1. The molecule has 32 heavy (non-hydrogen) atoms. The van der Waals surface area contributed by atoms with E-state index >= 15 is 0 Å². The van der Waals surface area contributed by atoms with Gasteiger partial charge in [0.1, 0.15) is 17.6 Å². The molecule has 0 spiro atoms. The molecule has 0 saturated carbocycles. The fraction of sp³-hybridized carbons (Fsp3) is 0.333. The van der Waals surface area contributed by atoms with Gasteiger partial charge in [-0.1, -0.05) is 6.92 Å². The maximum Gasteiger partial charge on any atom is 0.243 e. The first-order valence-electron chi connectivity index (χ1n) is 10.5. The zero-order valence-electron chi connectivity index (χ0n) is 18.8. The van der Waals surface area contributed by atoms with E-state index in [1.165, 1.54) is 23.5 Å². The van der Waals surface area contributed by atoms with Gasteiger partial charge in [-0.05, 0) is 69.0 Å². The van der Waals surface area contributed by atoms with Crippen LogP contribution in [-0.4, -0.2) is 56.1 Å². The molecule has 3 aromatic rings. The Morgan fingerprint density at radius 1 is 1.16 bits per heavy atom. The van der Waals surface area contributed by atoms with Crippen molar-refractivity contribution in [2.45, 2.75) is 19.4 Å². The number of carbonyl (C=O) groups is 1. The highest BCUT2D eigenvalue weighted by Crippen LogP contribution is 2.35. The van der Waals surface area contributed by atoms with E-state index in [2.05, 4.69) is 5.32 Å². The van der Waals surface area contributed by atoms with Crippen LogP contribution in [0.25, 0.3) is 11.3 Å². The molecule has 0 aliphatic carbocycles. The van der Waals surface area contributed by atoms with Crippen molar-refractivity contribution in [3.8, 4) is 17.0 Å². The van der Waals surface area contributed by atoms with Gasteiger partial charge in [-0.3, -0.25) is 4.79 Å². The molecule has 1 unspecified atom stereocenters. The van der Waals surface area contributed by atoms with Crippen molar-refractivity contribution in [3.63, 3.8) is 0 Å². The number of ether oxygens (including phenoxy) is 1. The Morgan fingerprint density at radius 2 is 1.84 bits per heavy atom. The van der Waals surface area contributed by atoms with Gasteiger partial charge in [-0.2, -0.15) is 0 Å². The average Bonchev–Trinajstić information content (AvgIpc) is 3.27. The predicted molar refractivity (Wildman–Crippen MR) is 128 cm³/mol. The van der Waals surface area contributed by atoms with Gasteiger partial charge in [0.25, 0.3) is 0 Å². The highest BCUT2D eigenvalue weighted by atomic mass is 32.1. The summed E-state index contributed by atoms with van der Waals surface area (Å²) >= 11 is 1.45.